The molecule has 210 valence electrons. The van der Waals surface area contributed by atoms with Crippen LogP contribution in [0, 0.1) is 0 Å². The average molecular weight is 545 g/mol. The number of aldehydes is 1. The molecule has 0 aliphatic carbocycles. The molecule has 0 bridgehead atoms. The van der Waals surface area contributed by atoms with Crippen molar-refractivity contribution in [3.8, 4) is 5.75 Å². The zero-order valence-corrected chi connectivity index (χ0v) is 21.7. The molecule has 39 heavy (non-hydrogen) atoms. The maximum Gasteiger partial charge on any atom is 0.331 e. The van der Waals surface area contributed by atoms with Crippen LogP contribution >= 0.6 is 0 Å². The van der Waals surface area contributed by atoms with Crippen LogP contribution in [-0.2, 0) is 23.9 Å². The first-order valence-electron chi connectivity index (χ1n) is 11.5. The molecule has 0 saturated heterocycles. The third-order valence-corrected chi connectivity index (χ3v) is 4.27. The molecule has 0 aliphatic heterocycles. The van der Waals surface area contributed by atoms with Crippen molar-refractivity contribution in [3.63, 3.8) is 0 Å². The molecule has 0 spiro atoms. The van der Waals surface area contributed by atoms with Gasteiger partial charge in [-0.15, -0.1) is 0 Å². The maximum absolute atomic E-state index is 11.4. The number of aliphatic hydroxyl groups is 1. The number of carboxylic acid groups (broad SMARTS) is 3. The predicted octanol–water partition coefficient (Wildman–Crippen LogP) is 3.55. The Morgan fingerprint density at radius 3 is 1.62 bits per heavy atom. The molecule has 0 saturated carbocycles. The molecule has 0 amide bonds. The summed E-state index contributed by atoms with van der Waals surface area (Å²) in [7, 11) is 1.58. The van der Waals surface area contributed by atoms with E-state index in [1.54, 1.807) is 61.7 Å². The SMILES string of the molecule is CC(O)CC(=O)O.COc1ccc(C=CC(=O)OC(C)CC(=O)O)cc1.O=Cc1ccc(C=CC(=O)O)cc1. The Morgan fingerprint density at radius 1 is 0.769 bits per heavy atom. The van der Waals surface area contributed by atoms with Crippen LogP contribution in [0.5, 0.6) is 5.75 Å². The van der Waals surface area contributed by atoms with Crippen LogP contribution in [0.15, 0.2) is 60.7 Å². The van der Waals surface area contributed by atoms with Crippen molar-refractivity contribution < 1.29 is 53.9 Å². The van der Waals surface area contributed by atoms with Crippen LogP contribution in [0.1, 0.15) is 48.2 Å². The smallest absolute Gasteiger partial charge is 0.331 e. The number of esters is 1. The first kappa shape index (κ1) is 34.2. The molecule has 0 aromatic heterocycles. The summed E-state index contributed by atoms with van der Waals surface area (Å²) in [6.45, 7) is 2.97. The van der Waals surface area contributed by atoms with Crippen molar-refractivity contribution in [3.05, 3.63) is 77.4 Å². The second-order valence-electron chi connectivity index (χ2n) is 7.85. The van der Waals surface area contributed by atoms with E-state index in [1.807, 2.05) is 0 Å². The number of carboxylic acids is 3. The number of carbonyl (C=O) groups is 5. The van der Waals surface area contributed by atoms with E-state index in [1.165, 1.54) is 26.0 Å². The van der Waals surface area contributed by atoms with Gasteiger partial charge in [0, 0.05) is 17.7 Å². The van der Waals surface area contributed by atoms with Crippen molar-refractivity contribution in [2.45, 2.75) is 38.9 Å². The molecule has 2 aromatic rings. The lowest BCUT2D eigenvalue weighted by Crippen LogP contribution is -2.16. The molecule has 2 unspecified atom stereocenters. The monoisotopic (exact) mass is 544 g/mol. The van der Waals surface area contributed by atoms with Gasteiger partial charge in [0.1, 0.15) is 18.1 Å². The molecule has 11 nitrogen and oxygen atoms in total. The summed E-state index contributed by atoms with van der Waals surface area (Å²) >= 11 is 0. The molecule has 0 fully saturated rings. The topological polar surface area (TPSA) is 185 Å². The van der Waals surface area contributed by atoms with Gasteiger partial charge in [-0.25, -0.2) is 9.59 Å². The molecule has 2 atom stereocenters. The Labute approximate surface area is 225 Å². The minimum Gasteiger partial charge on any atom is -0.497 e. The molecular formula is C28H32O11. The summed E-state index contributed by atoms with van der Waals surface area (Å²) in [5, 5.41) is 33.1. The second-order valence-corrected chi connectivity index (χ2v) is 7.85. The number of benzene rings is 2. The fraction of sp³-hybridized carbons (Fsp3) is 0.250. The molecule has 0 aliphatic rings. The summed E-state index contributed by atoms with van der Waals surface area (Å²) in [6, 6.07) is 13.8. The Morgan fingerprint density at radius 2 is 1.23 bits per heavy atom. The van der Waals surface area contributed by atoms with E-state index in [4.69, 9.17) is 29.9 Å². The number of hydrogen-bond donors (Lipinski definition) is 4. The summed E-state index contributed by atoms with van der Waals surface area (Å²) in [4.78, 5) is 51.9. The van der Waals surface area contributed by atoms with Crippen LogP contribution in [-0.4, -0.2) is 69.9 Å². The molecule has 2 rings (SSSR count). The standard InChI is InChI=1S/C14H16O5.C10H8O3.C4H8O3/c1-10(9-13(15)16)19-14(17)8-5-11-3-6-12(18-2)7-4-11;11-7-9-3-1-8(2-4-9)5-6-10(12)13;1-3(5)2-4(6)7/h3-8,10H,9H2,1-2H3,(H,15,16);1-7H,(H,12,13);3,5H,2H2,1H3,(H,6,7). The van der Waals surface area contributed by atoms with Gasteiger partial charge in [0.15, 0.2) is 0 Å². The van der Waals surface area contributed by atoms with E-state index >= 15 is 0 Å². The predicted molar refractivity (Wildman–Crippen MR) is 142 cm³/mol. The van der Waals surface area contributed by atoms with E-state index in [0.29, 0.717) is 5.56 Å². The molecule has 11 heteroatoms. The molecular weight excluding hydrogens is 512 g/mol. The molecule has 0 radical (unpaired) electrons. The van der Waals surface area contributed by atoms with Gasteiger partial charge in [-0.05, 0) is 49.3 Å². The summed E-state index contributed by atoms with van der Waals surface area (Å²) in [5.74, 6) is -2.78. The van der Waals surface area contributed by atoms with Crippen LogP contribution in [0.4, 0.5) is 0 Å². The van der Waals surface area contributed by atoms with Gasteiger partial charge in [0.25, 0.3) is 0 Å². The van der Waals surface area contributed by atoms with Crippen LogP contribution in [0.3, 0.4) is 0 Å². The minimum absolute atomic E-state index is 0.167. The summed E-state index contributed by atoms with van der Waals surface area (Å²) in [5.41, 5.74) is 2.16. The first-order valence-corrected chi connectivity index (χ1v) is 11.5. The minimum atomic E-state index is -1.00. The highest BCUT2D eigenvalue weighted by Crippen LogP contribution is 2.12. The number of ether oxygens (including phenoxy) is 2. The highest BCUT2D eigenvalue weighted by molar-refractivity contribution is 5.87. The van der Waals surface area contributed by atoms with Crippen molar-refractivity contribution in [2.75, 3.05) is 7.11 Å². The van der Waals surface area contributed by atoms with Crippen LogP contribution in [0.2, 0.25) is 0 Å². The number of methoxy groups -OCH3 is 1. The van der Waals surface area contributed by atoms with E-state index in [0.717, 1.165) is 29.2 Å². The van der Waals surface area contributed by atoms with Crippen LogP contribution in [0.25, 0.3) is 12.2 Å². The van der Waals surface area contributed by atoms with E-state index < -0.39 is 36.1 Å². The van der Waals surface area contributed by atoms with Crippen LogP contribution < -0.4 is 4.74 Å². The molecule has 0 heterocycles. The Hall–Kier alpha value is -4.77. The van der Waals surface area contributed by atoms with Crippen molar-refractivity contribution in [1.82, 2.24) is 0 Å². The number of hydrogen-bond acceptors (Lipinski definition) is 8. The van der Waals surface area contributed by atoms with Crippen molar-refractivity contribution in [2.24, 2.45) is 0 Å². The lowest BCUT2D eigenvalue weighted by atomic mass is 10.1. The zero-order valence-electron chi connectivity index (χ0n) is 21.7. The van der Waals surface area contributed by atoms with Gasteiger partial charge in [-0.1, -0.05) is 36.4 Å². The largest absolute Gasteiger partial charge is 0.497 e. The van der Waals surface area contributed by atoms with Gasteiger partial charge < -0.3 is 29.9 Å². The van der Waals surface area contributed by atoms with Gasteiger partial charge in [-0.3, -0.25) is 14.4 Å². The Bertz CT molecular complexity index is 1120. The zero-order chi connectivity index (χ0) is 29.8. The summed E-state index contributed by atoms with van der Waals surface area (Å²) in [6.07, 6.45) is 4.37. The third-order valence-electron chi connectivity index (χ3n) is 4.27. The van der Waals surface area contributed by atoms with E-state index in [9.17, 15) is 24.0 Å². The Kier molecular flexibility index (Phi) is 17.0. The van der Waals surface area contributed by atoms with Gasteiger partial charge in [-0.2, -0.15) is 0 Å². The van der Waals surface area contributed by atoms with Gasteiger partial charge in [0.05, 0.1) is 26.1 Å². The van der Waals surface area contributed by atoms with Gasteiger partial charge in [0.2, 0.25) is 0 Å². The normalized spacial score (nSPS) is 11.7. The van der Waals surface area contributed by atoms with E-state index in [-0.39, 0.29) is 12.8 Å². The lowest BCUT2D eigenvalue weighted by molar-refractivity contribution is -0.147. The maximum atomic E-state index is 11.4. The first-order chi connectivity index (χ1) is 18.4. The lowest BCUT2D eigenvalue weighted by Gasteiger charge is -2.08. The third kappa shape index (κ3) is 19.1. The van der Waals surface area contributed by atoms with Crippen molar-refractivity contribution >= 4 is 42.3 Å². The number of rotatable bonds is 11. The van der Waals surface area contributed by atoms with E-state index in [2.05, 4.69) is 0 Å². The van der Waals surface area contributed by atoms with Gasteiger partial charge >= 0.3 is 23.9 Å². The number of carbonyl (C=O) groups excluding carboxylic acids is 2. The molecule has 4 N–H and O–H groups in total. The average Bonchev–Trinajstić information content (AvgIpc) is 2.86. The highest BCUT2D eigenvalue weighted by Gasteiger charge is 2.10. The number of aliphatic carboxylic acids is 3. The molecule has 2 aromatic carbocycles. The summed E-state index contributed by atoms with van der Waals surface area (Å²) < 4.78 is 9.91. The Balaban J connectivity index is 0.000000622. The highest BCUT2D eigenvalue weighted by atomic mass is 16.5. The number of aliphatic hydroxyl groups excluding tert-OH is 1. The fourth-order valence-electron chi connectivity index (χ4n) is 2.51. The fourth-order valence-corrected chi connectivity index (χ4v) is 2.51. The quantitative estimate of drug-likeness (QED) is 0.184. The second kappa shape index (κ2) is 19.4. The van der Waals surface area contributed by atoms with Crippen molar-refractivity contribution in [1.29, 1.82) is 0 Å².